The third-order valence-corrected chi connectivity index (χ3v) is 7.72. The highest BCUT2D eigenvalue weighted by molar-refractivity contribution is 8.30. The number of hydrogen-bond acceptors (Lipinski definition) is 15. The van der Waals surface area contributed by atoms with Gasteiger partial charge in [0.2, 0.25) is 0 Å². The number of carboxylic acids is 2. The number of amides is 2. The average molecular weight is 678 g/mol. The van der Waals surface area contributed by atoms with E-state index in [9.17, 15) is 33.6 Å². The molecule has 1 fully saturated rings. The number of ether oxygens (including phenoxy) is 3. The number of hydrogen-bond donors (Lipinski definition) is 4. The van der Waals surface area contributed by atoms with Crippen LogP contribution in [0.15, 0.2) is 0 Å². The van der Waals surface area contributed by atoms with E-state index < -0.39 is 39.6 Å². The summed E-state index contributed by atoms with van der Waals surface area (Å²) < 4.78 is 13.0. The Balaban J connectivity index is 0. The molecule has 2 N–H and O–H groups in total. The highest BCUT2D eigenvalue weighted by atomic mass is 32.2. The van der Waals surface area contributed by atoms with Gasteiger partial charge in [0.25, 0.3) is 11.8 Å². The molecule has 0 bridgehead atoms. The van der Waals surface area contributed by atoms with Gasteiger partial charge in [0.05, 0.1) is 31.5 Å². The lowest BCUT2D eigenvalue weighted by atomic mass is 10.2. The van der Waals surface area contributed by atoms with Gasteiger partial charge in [-0.2, -0.15) is 25.3 Å². The van der Waals surface area contributed by atoms with Gasteiger partial charge in [0, 0.05) is 47.0 Å². The SMILES string of the molecule is COCCC(=O)ON1C(=O)CCC1=O.COCCC(=O)SC(SC(=O)CCOC)C(=O)O.O=C(O)C(S)CCCCS. The van der Waals surface area contributed by atoms with Gasteiger partial charge in [0.1, 0.15) is 0 Å². The number of carbonyl (C=O) groups excluding carboxylic acids is 5. The van der Waals surface area contributed by atoms with Crippen LogP contribution in [0.5, 0.6) is 0 Å². The summed E-state index contributed by atoms with van der Waals surface area (Å²) in [5, 5.41) is 16.7. The molecule has 2 amide bonds. The molecule has 1 rings (SSSR count). The molecule has 0 aromatic carbocycles. The van der Waals surface area contributed by atoms with Crippen LogP contribution in [-0.4, -0.2) is 112 Å². The van der Waals surface area contributed by atoms with Crippen LogP contribution in [0.3, 0.4) is 0 Å². The molecule has 0 aliphatic carbocycles. The van der Waals surface area contributed by atoms with E-state index >= 15 is 0 Å². The summed E-state index contributed by atoms with van der Waals surface area (Å²) in [4.78, 5) is 81.4. The molecule has 1 saturated heterocycles. The average Bonchev–Trinajstić information content (AvgIpc) is 3.26. The fourth-order valence-corrected chi connectivity index (χ4v) is 4.74. The first-order valence-corrected chi connectivity index (χ1v) is 15.4. The molecule has 42 heavy (non-hydrogen) atoms. The van der Waals surface area contributed by atoms with Crippen LogP contribution in [0.2, 0.25) is 0 Å². The summed E-state index contributed by atoms with van der Waals surface area (Å²) in [7, 11) is 4.35. The van der Waals surface area contributed by atoms with E-state index in [1.165, 1.54) is 21.3 Å². The molecule has 1 aliphatic rings. The van der Waals surface area contributed by atoms with Crippen molar-refractivity contribution in [2.45, 2.75) is 61.2 Å². The first kappa shape index (κ1) is 42.3. The fourth-order valence-electron chi connectivity index (χ4n) is 2.42. The van der Waals surface area contributed by atoms with Crippen LogP contribution in [0.1, 0.15) is 51.4 Å². The van der Waals surface area contributed by atoms with Crippen LogP contribution < -0.4 is 0 Å². The zero-order chi connectivity index (χ0) is 32.5. The maximum Gasteiger partial charge on any atom is 0.335 e. The van der Waals surface area contributed by atoms with E-state index in [2.05, 4.69) is 34.8 Å². The van der Waals surface area contributed by atoms with Crippen molar-refractivity contribution in [3.8, 4) is 0 Å². The topological polar surface area (TPSA) is 200 Å². The zero-order valence-electron chi connectivity index (χ0n) is 23.7. The lowest BCUT2D eigenvalue weighted by Crippen LogP contribution is -2.32. The van der Waals surface area contributed by atoms with Crippen LogP contribution in [0.4, 0.5) is 0 Å². The van der Waals surface area contributed by atoms with Gasteiger partial charge in [-0.15, -0.1) is 5.06 Å². The molecule has 0 aromatic heterocycles. The van der Waals surface area contributed by atoms with Gasteiger partial charge in [-0.25, -0.2) is 4.79 Å². The number of thiol groups is 2. The molecular weight excluding hydrogens is 639 g/mol. The van der Waals surface area contributed by atoms with Gasteiger partial charge in [-0.1, -0.05) is 29.9 Å². The van der Waals surface area contributed by atoms with Crippen molar-refractivity contribution in [1.82, 2.24) is 5.06 Å². The summed E-state index contributed by atoms with van der Waals surface area (Å²) in [5.41, 5.74) is 0. The summed E-state index contributed by atoms with van der Waals surface area (Å²) in [5.74, 6) is -2.79. The van der Waals surface area contributed by atoms with Crippen molar-refractivity contribution >= 4 is 88.7 Å². The number of imide groups is 1. The number of carboxylic acid groups (broad SMARTS) is 2. The van der Waals surface area contributed by atoms with Crippen molar-refractivity contribution < 1.29 is 62.8 Å². The van der Waals surface area contributed by atoms with Crippen LogP contribution in [0, 0.1) is 0 Å². The maximum atomic E-state index is 11.4. The molecule has 0 spiro atoms. The van der Waals surface area contributed by atoms with E-state index in [0.717, 1.165) is 18.6 Å². The summed E-state index contributed by atoms with van der Waals surface area (Å²) >= 11 is 9.15. The van der Waals surface area contributed by atoms with Gasteiger partial charge in [0.15, 0.2) is 14.8 Å². The molecule has 0 radical (unpaired) electrons. The summed E-state index contributed by atoms with van der Waals surface area (Å²) in [6.45, 7) is 0.677. The van der Waals surface area contributed by atoms with Gasteiger partial charge < -0.3 is 29.3 Å². The second-order valence-electron chi connectivity index (χ2n) is 8.00. The normalized spacial score (nSPS) is 13.0. The smallest absolute Gasteiger partial charge is 0.335 e. The first-order valence-electron chi connectivity index (χ1n) is 12.5. The molecule has 1 aliphatic heterocycles. The van der Waals surface area contributed by atoms with Crippen molar-refractivity contribution in [3.63, 3.8) is 0 Å². The number of thioether (sulfide) groups is 2. The number of aliphatic carboxylic acids is 2. The van der Waals surface area contributed by atoms with E-state index in [1.54, 1.807) is 0 Å². The number of unbranched alkanes of at least 4 members (excludes halogenated alkanes) is 1. The molecule has 18 heteroatoms. The van der Waals surface area contributed by atoms with Crippen molar-refractivity contribution in [2.24, 2.45) is 0 Å². The standard InChI is InChI=1S/C10H16O6S2.C8H11NO5.C6H12O2S2/c1-15-5-3-7(11)17-10(9(13)14)18-8(12)4-6-16-2;1-13-5-4-8(12)14-9-6(10)2-3-7(9)11;7-6(8)5(10)3-1-2-4-9/h10H,3-6H2,1-2H3,(H,13,14);2-5H2,1H3;5,9-10H,1-4H2,(H,7,8). The molecule has 0 aromatic rings. The Labute approximate surface area is 264 Å². The van der Waals surface area contributed by atoms with Gasteiger partial charge in [-0.05, 0) is 18.6 Å². The largest absolute Gasteiger partial charge is 0.480 e. The lowest BCUT2D eigenvalue weighted by molar-refractivity contribution is -0.198. The van der Waals surface area contributed by atoms with Crippen molar-refractivity contribution in [2.75, 3.05) is 46.9 Å². The molecule has 1 unspecified atom stereocenters. The number of carbonyl (C=O) groups is 7. The lowest BCUT2D eigenvalue weighted by Gasteiger charge is -2.11. The first-order chi connectivity index (χ1) is 19.8. The Hall–Kier alpha value is -1.83. The third-order valence-electron chi connectivity index (χ3n) is 4.58. The predicted octanol–water partition coefficient (Wildman–Crippen LogP) is 2.09. The second-order valence-corrected chi connectivity index (χ2v) is 11.7. The third kappa shape index (κ3) is 22.7. The molecule has 14 nitrogen and oxygen atoms in total. The van der Waals surface area contributed by atoms with E-state index in [4.69, 9.17) is 19.7 Å². The number of nitrogens with zero attached hydrogens (tertiary/aromatic N) is 1. The number of rotatable bonds is 18. The minimum atomic E-state index is -1.19. The molecule has 0 saturated carbocycles. The van der Waals surface area contributed by atoms with Gasteiger partial charge in [-0.3, -0.25) is 28.8 Å². The minimum absolute atomic E-state index is 0.0214. The molecule has 1 heterocycles. The van der Waals surface area contributed by atoms with Crippen LogP contribution in [-0.2, 0) is 52.6 Å². The Morgan fingerprint density at radius 1 is 0.810 bits per heavy atom. The van der Waals surface area contributed by atoms with Gasteiger partial charge >= 0.3 is 17.9 Å². The minimum Gasteiger partial charge on any atom is -0.480 e. The predicted molar refractivity (Wildman–Crippen MR) is 161 cm³/mol. The second kappa shape index (κ2) is 26.8. The maximum absolute atomic E-state index is 11.4. The highest BCUT2D eigenvalue weighted by Crippen LogP contribution is 2.27. The van der Waals surface area contributed by atoms with Crippen molar-refractivity contribution in [1.29, 1.82) is 0 Å². The highest BCUT2D eigenvalue weighted by Gasteiger charge is 2.32. The fraction of sp³-hybridized carbons (Fsp3) is 0.708. The molecular formula is C24H39NO13S4. The molecule has 1 atom stereocenters. The summed E-state index contributed by atoms with van der Waals surface area (Å²) in [6, 6.07) is 0. The van der Waals surface area contributed by atoms with Crippen molar-refractivity contribution in [3.05, 3.63) is 0 Å². The summed E-state index contributed by atoms with van der Waals surface area (Å²) in [6.07, 6.45) is 2.98. The Kier molecular flexibility index (Phi) is 27.0. The number of methoxy groups -OCH3 is 3. The van der Waals surface area contributed by atoms with Crippen LogP contribution >= 0.6 is 48.8 Å². The monoisotopic (exact) mass is 677 g/mol. The number of hydroxylamine groups is 2. The van der Waals surface area contributed by atoms with E-state index in [-0.39, 0.29) is 62.2 Å². The van der Waals surface area contributed by atoms with E-state index in [1.807, 2.05) is 0 Å². The Bertz CT molecular complexity index is 837. The van der Waals surface area contributed by atoms with Crippen LogP contribution in [0.25, 0.3) is 0 Å². The molecule has 242 valence electrons. The van der Waals surface area contributed by atoms with E-state index in [0.29, 0.717) is 35.0 Å². The zero-order valence-corrected chi connectivity index (χ0v) is 27.1. The Morgan fingerprint density at radius 2 is 1.26 bits per heavy atom. The Morgan fingerprint density at radius 3 is 1.64 bits per heavy atom. The quantitative estimate of drug-likeness (QED) is 0.0711.